The van der Waals surface area contributed by atoms with Gasteiger partial charge in [-0.3, -0.25) is 9.80 Å². The molecule has 1 aromatic carbocycles. The number of nitrogens with one attached hydrogen (secondary N) is 1. The maximum absolute atomic E-state index is 13.3. The zero-order valence-corrected chi connectivity index (χ0v) is 20.2. The Morgan fingerprint density at radius 1 is 1.34 bits per heavy atom. The predicted octanol–water partition coefficient (Wildman–Crippen LogP) is 4.47. The largest absolute Gasteiger partial charge is 0.388 e. The van der Waals surface area contributed by atoms with E-state index < -0.39 is 42.2 Å². The van der Waals surface area contributed by atoms with Crippen LogP contribution < -0.4 is 16.8 Å². The maximum atomic E-state index is 13.3. The molecule has 1 aromatic heterocycles. The Bertz CT molecular complexity index is 1250. The lowest BCUT2D eigenvalue weighted by Gasteiger charge is -2.40. The van der Waals surface area contributed by atoms with E-state index in [9.17, 15) is 29.5 Å². The third-order valence-corrected chi connectivity index (χ3v) is 7.03. The van der Waals surface area contributed by atoms with Gasteiger partial charge in [-0.15, -0.1) is 0 Å². The maximum Gasteiger partial charge on any atom is 0.310 e. The molecule has 5 N–H and O–H groups in total. The first-order chi connectivity index (χ1) is 15.9. The van der Waals surface area contributed by atoms with Gasteiger partial charge in [-0.25, -0.2) is 4.68 Å². The number of benzene rings is 1. The van der Waals surface area contributed by atoms with Crippen LogP contribution in [0.4, 0.5) is 25.2 Å². The molecule has 0 atom stereocenters. The third kappa shape index (κ3) is 5.19. The first kappa shape index (κ1) is 26.6. The van der Waals surface area contributed by atoms with Crippen LogP contribution in [0, 0.1) is 11.3 Å². The van der Waals surface area contributed by atoms with E-state index in [2.05, 4.69) is 15.5 Å². The summed E-state index contributed by atoms with van der Waals surface area (Å²) in [5.74, 6) is -0.748. The highest BCUT2D eigenvalue weighted by Gasteiger charge is 2.65. The second-order valence-electron chi connectivity index (χ2n) is 7.82. The second kappa shape index (κ2) is 8.04. The SMILES string of the molecule is CN(CCNc1c(C2(C(N)=O)CC2)c(C#N)nn1-c1c(Cl)cc(S(F)(F)(F)(F)F)cc1Cl)/N=C\N. The van der Waals surface area contributed by atoms with Crippen LogP contribution in [0.25, 0.3) is 5.69 Å². The molecule has 0 bridgehead atoms. The zero-order valence-electron chi connectivity index (χ0n) is 17.9. The van der Waals surface area contributed by atoms with Gasteiger partial charge in [0.25, 0.3) is 0 Å². The van der Waals surface area contributed by atoms with E-state index >= 15 is 0 Å². The highest BCUT2D eigenvalue weighted by molar-refractivity contribution is 8.45. The smallest absolute Gasteiger partial charge is 0.310 e. The Hall–Kier alpha value is -2.96. The van der Waals surface area contributed by atoms with Crippen LogP contribution >= 0.6 is 33.4 Å². The summed E-state index contributed by atoms with van der Waals surface area (Å²) in [5, 5.41) is 20.3. The molecule has 0 radical (unpaired) electrons. The number of primary amides is 1. The summed E-state index contributed by atoms with van der Waals surface area (Å²) in [5.41, 5.74) is 8.98. The molecule has 0 unspecified atom stereocenters. The molecule has 0 aliphatic heterocycles. The third-order valence-electron chi connectivity index (χ3n) is 5.33. The van der Waals surface area contributed by atoms with Gasteiger partial charge in [0.1, 0.15) is 28.8 Å². The van der Waals surface area contributed by atoms with Gasteiger partial charge in [-0.1, -0.05) is 42.6 Å². The fourth-order valence-corrected chi connectivity index (χ4v) is 4.95. The summed E-state index contributed by atoms with van der Waals surface area (Å²) in [6, 6.07) is 1.89. The average molecular weight is 561 g/mol. The monoisotopic (exact) mass is 560 g/mol. The summed E-state index contributed by atoms with van der Waals surface area (Å²) in [4.78, 5) is 9.94. The van der Waals surface area contributed by atoms with Gasteiger partial charge >= 0.3 is 10.2 Å². The van der Waals surface area contributed by atoms with E-state index in [0.717, 1.165) is 11.0 Å². The van der Waals surface area contributed by atoms with Gasteiger partial charge in [-0.05, 0) is 25.0 Å². The number of hydrazone groups is 1. The second-order valence-corrected chi connectivity index (χ2v) is 11.0. The highest BCUT2D eigenvalue weighted by atomic mass is 35.5. The van der Waals surface area contributed by atoms with Crippen molar-refractivity contribution in [3.05, 3.63) is 33.4 Å². The lowest BCUT2D eigenvalue weighted by Crippen LogP contribution is -2.30. The van der Waals surface area contributed by atoms with Crippen LogP contribution in [0.1, 0.15) is 24.1 Å². The summed E-state index contributed by atoms with van der Waals surface area (Å²) in [7, 11) is -8.50. The number of rotatable bonds is 9. The molecule has 1 heterocycles. The number of nitriles is 1. The number of aromatic nitrogens is 2. The fourth-order valence-electron chi connectivity index (χ4n) is 3.49. The topological polar surface area (TPSA) is 138 Å². The molecule has 1 aliphatic rings. The summed E-state index contributed by atoms with van der Waals surface area (Å²) in [6.07, 6.45) is 1.63. The predicted molar refractivity (Wildman–Crippen MR) is 124 cm³/mol. The van der Waals surface area contributed by atoms with Crippen molar-refractivity contribution in [2.45, 2.75) is 23.2 Å². The minimum absolute atomic E-state index is 0.00753. The molecular weight excluding hydrogens is 542 g/mol. The standard InChI is InChI=1S/C18H19Cl2F5N8OS/c1-32(30-9-27)5-4-29-16-14(18(2-3-18)17(28)34)13(8-26)31-33(16)15-11(19)6-10(7-12(15)20)35(21,22,23,24)25/h6-7,9,29H,2-5H2,1H3,(H2,27,30)(H2,28,34). The number of nitrogens with zero attached hydrogens (tertiary/aromatic N) is 5. The Labute approximate surface area is 206 Å². The van der Waals surface area contributed by atoms with Crippen molar-refractivity contribution in [2.75, 3.05) is 25.5 Å². The van der Waals surface area contributed by atoms with Crippen molar-refractivity contribution in [3.63, 3.8) is 0 Å². The first-order valence-electron chi connectivity index (χ1n) is 9.71. The summed E-state index contributed by atoms with van der Waals surface area (Å²) in [6.45, 7) is 0.361. The van der Waals surface area contributed by atoms with Crippen LogP contribution in [-0.4, -0.2) is 47.2 Å². The van der Waals surface area contributed by atoms with Gasteiger partial charge in [0, 0.05) is 19.2 Å². The molecule has 35 heavy (non-hydrogen) atoms. The van der Waals surface area contributed by atoms with Crippen LogP contribution in [0.5, 0.6) is 0 Å². The molecule has 1 fully saturated rings. The number of anilines is 1. The summed E-state index contributed by atoms with van der Waals surface area (Å²) >= 11 is 12.0. The minimum Gasteiger partial charge on any atom is -0.388 e. The number of carbonyl (C=O) groups excluding carboxylic acids is 1. The molecule has 1 amide bonds. The van der Waals surface area contributed by atoms with Crippen LogP contribution in [-0.2, 0) is 10.2 Å². The number of hydrogen-bond acceptors (Lipinski definition) is 6. The van der Waals surface area contributed by atoms with Crippen molar-refractivity contribution in [1.29, 1.82) is 5.26 Å². The lowest BCUT2D eigenvalue weighted by molar-refractivity contribution is -0.120. The first-order valence-corrected chi connectivity index (χ1v) is 12.4. The van der Waals surface area contributed by atoms with Crippen LogP contribution in [0.3, 0.4) is 0 Å². The Kier molecular flexibility index (Phi) is 6.12. The van der Waals surface area contributed by atoms with Gasteiger partial charge < -0.3 is 16.8 Å². The number of hydrogen-bond donors (Lipinski definition) is 3. The average Bonchev–Trinajstić information content (AvgIpc) is 3.43. The van der Waals surface area contributed by atoms with Crippen molar-refractivity contribution in [3.8, 4) is 11.8 Å². The Morgan fingerprint density at radius 3 is 2.34 bits per heavy atom. The van der Waals surface area contributed by atoms with Crippen LogP contribution in [0.2, 0.25) is 10.0 Å². The van der Waals surface area contributed by atoms with Gasteiger partial charge in [0.05, 0.1) is 22.0 Å². The molecule has 1 aliphatic carbocycles. The normalized spacial score (nSPS) is 16.9. The summed E-state index contributed by atoms with van der Waals surface area (Å²) < 4.78 is 67.6. The zero-order chi connectivity index (χ0) is 26.5. The van der Waals surface area contributed by atoms with Gasteiger partial charge in [-0.2, -0.15) is 15.5 Å². The van der Waals surface area contributed by atoms with Gasteiger partial charge in [0.2, 0.25) is 5.91 Å². The molecule has 0 saturated heterocycles. The number of carbonyl (C=O) groups is 1. The molecule has 9 nitrogen and oxygen atoms in total. The molecule has 3 rings (SSSR count). The quantitative estimate of drug-likeness (QED) is 0.179. The van der Waals surface area contributed by atoms with Gasteiger partial charge in [0.15, 0.2) is 5.69 Å². The van der Waals surface area contributed by atoms with Crippen molar-refractivity contribution >= 4 is 51.5 Å². The number of nitrogens with two attached hydrogens (primary N) is 2. The molecule has 2 aromatic rings. The van der Waals surface area contributed by atoms with E-state index in [-0.39, 0.29) is 42.3 Å². The number of amides is 1. The molecule has 17 heteroatoms. The molecule has 192 valence electrons. The van der Waals surface area contributed by atoms with E-state index in [0.29, 0.717) is 12.8 Å². The van der Waals surface area contributed by atoms with Crippen molar-refractivity contribution < 1.29 is 24.2 Å². The number of halogens is 7. The minimum atomic E-state index is -10.1. The van der Waals surface area contributed by atoms with E-state index in [1.807, 2.05) is 6.07 Å². The Balaban J connectivity index is 2.22. The van der Waals surface area contributed by atoms with Crippen LogP contribution in [0.15, 0.2) is 22.1 Å². The van der Waals surface area contributed by atoms with E-state index in [4.69, 9.17) is 34.7 Å². The highest BCUT2D eigenvalue weighted by Crippen LogP contribution is 3.02. The Morgan fingerprint density at radius 2 is 1.91 bits per heavy atom. The molecule has 1 saturated carbocycles. The number of likely N-dealkylation sites (N-methyl/N-ethyl adjacent to an activating group) is 1. The van der Waals surface area contributed by atoms with Crippen molar-refractivity contribution in [2.24, 2.45) is 16.6 Å². The lowest BCUT2D eigenvalue weighted by atomic mass is 9.94. The van der Waals surface area contributed by atoms with E-state index in [1.54, 1.807) is 7.05 Å². The van der Waals surface area contributed by atoms with Crippen molar-refractivity contribution in [1.82, 2.24) is 14.8 Å². The molecular formula is C18H19Cl2F5N8OS. The fraction of sp³-hybridized carbons (Fsp3) is 0.333. The van der Waals surface area contributed by atoms with E-state index in [1.165, 1.54) is 5.01 Å². The molecule has 0 spiro atoms.